The van der Waals surface area contributed by atoms with E-state index in [9.17, 15) is 23.3 Å². The predicted octanol–water partition coefficient (Wildman–Crippen LogP) is 0.905. The van der Waals surface area contributed by atoms with Gasteiger partial charge in [-0.15, -0.1) is 0 Å². The van der Waals surface area contributed by atoms with Gasteiger partial charge in [-0.2, -0.15) is 4.72 Å². The van der Waals surface area contributed by atoms with Crippen molar-refractivity contribution >= 4 is 32.6 Å². The number of rotatable bonds is 4. The van der Waals surface area contributed by atoms with Crippen molar-refractivity contribution in [3.8, 4) is 0 Å². The summed E-state index contributed by atoms with van der Waals surface area (Å²) in [5.74, 6) is 0.570. The Morgan fingerprint density at radius 3 is 2.74 bits per heavy atom. The lowest BCUT2D eigenvalue weighted by Crippen LogP contribution is -2.37. The van der Waals surface area contributed by atoms with E-state index in [2.05, 4.69) is 4.72 Å². The van der Waals surface area contributed by atoms with Crippen LogP contribution in [0, 0.1) is 10.1 Å². The number of nitro groups is 1. The van der Waals surface area contributed by atoms with E-state index in [1.165, 1.54) is 18.2 Å². The van der Waals surface area contributed by atoms with Crippen LogP contribution in [0.25, 0.3) is 0 Å². The highest BCUT2D eigenvalue weighted by Gasteiger charge is 2.30. The van der Waals surface area contributed by atoms with Crippen LogP contribution in [-0.4, -0.2) is 30.3 Å². The monoisotopic (exact) mass is 302 g/mol. The molecule has 0 spiro atoms. The van der Waals surface area contributed by atoms with Crippen molar-refractivity contribution in [2.24, 2.45) is 0 Å². The molecule has 0 aromatic heterocycles. The molecule has 9 heteroatoms. The summed E-state index contributed by atoms with van der Waals surface area (Å²) in [5.41, 5.74) is -0.310. The quantitative estimate of drug-likeness (QED) is 0.654. The van der Waals surface area contributed by atoms with Gasteiger partial charge in [-0.1, -0.05) is 17.8 Å². The molecule has 0 unspecified atom stereocenters. The standard InChI is InChI=1S/C10H10N2O5S2/c13-10-9(4-5-18-10)11-19(16,17)8-3-1-2-7(6-8)12(14)15/h1-3,6,9,11H,4-5H2/t9-/m0/s1. The zero-order chi connectivity index (χ0) is 14.0. The van der Waals surface area contributed by atoms with Crippen LogP contribution >= 0.6 is 11.8 Å². The molecule has 1 aliphatic rings. The van der Waals surface area contributed by atoms with Crippen molar-refractivity contribution < 1.29 is 18.1 Å². The number of thioether (sulfide) groups is 1. The molecular weight excluding hydrogens is 292 g/mol. The minimum absolute atomic E-state index is 0.216. The van der Waals surface area contributed by atoms with E-state index in [4.69, 9.17) is 0 Å². The molecule has 1 N–H and O–H groups in total. The van der Waals surface area contributed by atoms with Crippen molar-refractivity contribution in [1.29, 1.82) is 0 Å². The fraction of sp³-hybridized carbons (Fsp3) is 0.300. The Morgan fingerprint density at radius 2 is 2.16 bits per heavy atom. The Balaban J connectivity index is 2.26. The van der Waals surface area contributed by atoms with Crippen LogP contribution in [0.3, 0.4) is 0 Å². The highest BCUT2D eigenvalue weighted by Crippen LogP contribution is 2.22. The van der Waals surface area contributed by atoms with Crippen molar-refractivity contribution in [3.05, 3.63) is 34.4 Å². The molecular formula is C10H10N2O5S2. The summed E-state index contributed by atoms with van der Waals surface area (Å²) in [5, 5.41) is 10.4. The van der Waals surface area contributed by atoms with Gasteiger partial charge in [-0.3, -0.25) is 14.9 Å². The van der Waals surface area contributed by atoms with Gasteiger partial charge in [0.25, 0.3) is 5.69 Å². The predicted molar refractivity (Wildman–Crippen MR) is 69.3 cm³/mol. The lowest BCUT2D eigenvalue weighted by Gasteiger charge is -2.10. The van der Waals surface area contributed by atoms with Gasteiger partial charge in [0.1, 0.15) is 0 Å². The average Bonchev–Trinajstić information content (AvgIpc) is 2.74. The van der Waals surface area contributed by atoms with E-state index in [1.54, 1.807) is 0 Å². The zero-order valence-corrected chi connectivity index (χ0v) is 11.2. The smallest absolute Gasteiger partial charge is 0.270 e. The molecule has 0 amide bonds. The van der Waals surface area contributed by atoms with E-state index in [0.717, 1.165) is 17.8 Å². The molecule has 1 fully saturated rings. The molecule has 2 rings (SSSR count). The molecule has 102 valence electrons. The minimum Gasteiger partial charge on any atom is -0.285 e. The van der Waals surface area contributed by atoms with Gasteiger partial charge >= 0.3 is 0 Å². The second-order valence-electron chi connectivity index (χ2n) is 3.88. The molecule has 19 heavy (non-hydrogen) atoms. The lowest BCUT2D eigenvalue weighted by molar-refractivity contribution is -0.385. The number of hydrogen-bond acceptors (Lipinski definition) is 6. The maximum atomic E-state index is 12.0. The van der Waals surface area contributed by atoms with E-state index >= 15 is 0 Å². The zero-order valence-electron chi connectivity index (χ0n) is 9.61. The van der Waals surface area contributed by atoms with Gasteiger partial charge in [-0.05, 0) is 12.5 Å². The largest absolute Gasteiger partial charge is 0.285 e. The molecule has 1 aliphatic heterocycles. The third-order valence-electron chi connectivity index (χ3n) is 2.57. The Bertz CT molecular complexity index is 629. The maximum absolute atomic E-state index is 12.0. The van der Waals surface area contributed by atoms with Crippen LogP contribution in [0.15, 0.2) is 29.2 Å². The van der Waals surface area contributed by atoms with Crippen molar-refractivity contribution in [2.75, 3.05) is 5.75 Å². The average molecular weight is 302 g/mol. The minimum atomic E-state index is -3.92. The molecule has 1 heterocycles. The van der Waals surface area contributed by atoms with Gasteiger partial charge in [-0.25, -0.2) is 8.42 Å². The summed E-state index contributed by atoms with van der Waals surface area (Å²) >= 11 is 1.08. The first-order chi connectivity index (χ1) is 8.90. The SMILES string of the molecule is O=C1SCC[C@@H]1NS(=O)(=O)c1cccc([N+](=O)[O-])c1. The van der Waals surface area contributed by atoms with E-state index in [-0.39, 0.29) is 15.7 Å². The summed E-state index contributed by atoms with van der Waals surface area (Å²) in [6, 6.07) is 3.96. The summed E-state index contributed by atoms with van der Waals surface area (Å²) in [4.78, 5) is 21.1. The van der Waals surface area contributed by atoms with Crippen molar-refractivity contribution in [1.82, 2.24) is 4.72 Å². The second-order valence-corrected chi connectivity index (χ2v) is 6.70. The molecule has 1 atom stereocenters. The summed E-state index contributed by atoms with van der Waals surface area (Å²) in [6.07, 6.45) is 0.428. The van der Waals surface area contributed by atoms with E-state index in [0.29, 0.717) is 12.2 Å². The van der Waals surface area contributed by atoms with Crippen LogP contribution in [0.5, 0.6) is 0 Å². The van der Waals surface area contributed by atoms with Gasteiger partial charge in [0.2, 0.25) is 15.1 Å². The third-order valence-corrected chi connectivity index (χ3v) is 5.05. The highest BCUT2D eigenvalue weighted by atomic mass is 32.2. The summed E-state index contributed by atoms with van der Waals surface area (Å²) < 4.78 is 26.3. The van der Waals surface area contributed by atoms with E-state index < -0.39 is 21.0 Å². The molecule has 1 aromatic rings. The van der Waals surface area contributed by atoms with Gasteiger partial charge < -0.3 is 0 Å². The van der Waals surface area contributed by atoms with Gasteiger partial charge in [0, 0.05) is 17.9 Å². The molecule has 0 aliphatic carbocycles. The first-order valence-electron chi connectivity index (χ1n) is 5.33. The fourth-order valence-electron chi connectivity index (χ4n) is 1.62. The number of hydrogen-bond donors (Lipinski definition) is 1. The third kappa shape index (κ3) is 3.11. The van der Waals surface area contributed by atoms with Gasteiger partial charge in [0.15, 0.2) is 0 Å². The molecule has 1 aromatic carbocycles. The first-order valence-corrected chi connectivity index (χ1v) is 7.80. The normalized spacial score (nSPS) is 19.6. The summed E-state index contributed by atoms with van der Waals surface area (Å²) in [7, 11) is -3.92. The molecule has 0 radical (unpaired) electrons. The number of nitrogens with one attached hydrogen (secondary N) is 1. The van der Waals surface area contributed by atoms with Gasteiger partial charge in [0.05, 0.1) is 15.9 Å². The highest BCUT2D eigenvalue weighted by molar-refractivity contribution is 8.14. The van der Waals surface area contributed by atoms with Crippen LogP contribution in [-0.2, 0) is 14.8 Å². The Labute approximate surface area is 113 Å². The number of nitrogens with zero attached hydrogens (tertiary/aromatic N) is 1. The van der Waals surface area contributed by atoms with Crippen LogP contribution < -0.4 is 4.72 Å². The first kappa shape index (κ1) is 14.0. The number of sulfonamides is 1. The van der Waals surface area contributed by atoms with Crippen molar-refractivity contribution in [3.63, 3.8) is 0 Å². The van der Waals surface area contributed by atoms with Crippen LogP contribution in [0.1, 0.15) is 6.42 Å². The van der Waals surface area contributed by atoms with Crippen LogP contribution in [0.4, 0.5) is 5.69 Å². The summed E-state index contributed by atoms with van der Waals surface area (Å²) in [6.45, 7) is 0. The number of nitro benzene ring substituents is 1. The number of carbonyl (C=O) groups is 1. The van der Waals surface area contributed by atoms with Crippen LogP contribution in [0.2, 0.25) is 0 Å². The molecule has 0 saturated carbocycles. The number of non-ortho nitro benzene ring substituents is 1. The maximum Gasteiger partial charge on any atom is 0.270 e. The topological polar surface area (TPSA) is 106 Å². The fourth-order valence-corrected chi connectivity index (χ4v) is 3.90. The Hall–Kier alpha value is -1.45. The Kier molecular flexibility index (Phi) is 3.88. The Morgan fingerprint density at radius 1 is 1.42 bits per heavy atom. The van der Waals surface area contributed by atoms with Crippen molar-refractivity contribution in [2.45, 2.75) is 17.4 Å². The molecule has 0 bridgehead atoms. The number of carbonyl (C=O) groups excluding carboxylic acids is 1. The molecule has 7 nitrogen and oxygen atoms in total. The van der Waals surface area contributed by atoms with E-state index in [1.807, 2.05) is 0 Å². The molecule has 1 saturated heterocycles. The number of benzene rings is 1. The second kappa shape index (κ2) is 5.27. The lowest BCUT2D eigenvalue weighted by atomic mass is 10.3.